The molecule has 2 aromatic heterocycles. The monoisotopic (exact) mass is 442 g/mol. The van der Waals surface area contributed by atoms with Gasteiger partial charge < -0.3 is 18.6 Å². The Balaban J connectivity index is 1.37. The largest absolute Gasteiger partial charge is 0.465 e. The van der Waals surface area contributed by atoms with Crippen LogP contribution in [-0.4, -0.2) is 47.2 Å². The van der Waals surface area contributed by atoms with E-state index >= 15 is 0 Å². The number of anilines is 1. The summed E-state index contributed by atoms with van der Waals surface area (Å²) in [5.41, 5.74) is 1.07. The Kier molecular flexibility index (Phi) is 6.37. The average molecular weight is 443 g/mol. The summed E-state index contributed by atoms with van der Waals surface area (Å²) in [6.45, 7) is 16.0. The number of amides is 1. The van der Waals surface area contributed by atoms with Crippen LogP contribution in [0.1, 0.15) is 113 Å². The maximum atomic E-state index is 13.4. The minimum absolute atomic E-state index is 0.128. The molecule has 4 heterocycles. The van der Waals surface area contributed by atoms with Crippen molar-refractivity contribution < 1.29 is 13.6 Å². The average Bonchev–Trinajstić information content (AvgIpc) is 3.43. The molecule has 2 fully saturated rings. The summed E-state index contributed by atoms with van der Waals surface area (Å²) in [5, 5.41) is 8.42. The lowest BCUT2D eigenvalue weighted by molar-refractivity contribution is 0.0510. The van der Waals surface area contributed by atoms with Gasteiger partial charge in [0.1, 0.15) is 11.5 Å². The maximum absolute atomic E-state index is 13.4. The van der Waals surface area contributed by atoms with Crippen molar-refractivity contribution in [2.75, 3.05) is 31.1 Å². The van der Waals surface area contributed by atoms with Gasteiger partial charge in [0.05, 0.1) is 5.56 Å². The van der Waals surface area contributed by atoms with Crippen LogP contribution in [0.25, 0.3) is 0 Å². The van der Waals surface area contributed by atoms with Gasteiger partial charge in [0.25, 0.3) is 5.91 Å². The molecule has 0 radical (unpaired) electrons. The van der Waals surface area contributed by atoms with Crippen LogP contribution in [0.5, 0.6) is 0 Å². The molecule has 1 amide bonds. The Labute approximate surface area is 191 Å². The van der Waals surface area contributed by atoms with Gasteiger partial charge in [-0.1, -0.05) is 46.6 Å². The van der Waals surface area contributed by atoms with Crippen LogP contribution in [0.4, 0.5) is 6.01 Å². The molecule has 0 aliphatic carbocycles. The molecule has 0 atom stereocenters. The van der Waals surface area contributed by atoms with Gasteiger partial charge in [0, 0.05) is 43.9 Å². The first-order chi connectivity index (χ1) is 15.2. The lowest BCUT2D eigenvalue weighted by Gasteiger charge is -2.46. The first kappa shape index (κ1) is 22.9. The summed E-state index contributed by atoms with van der Waals surface area (Å²) in [7, 11) is 0. The van der Waals surface area contributed by atoms with Crippen molar-refractivity contribution in [3.8, 4) is 0 Å². The fourth-order valence-corrected chi connectivity index (χ4v) is 4.92. The van der Waals surface area contributed by atoms with Gasteiger partial charge in [0.2, 0.25) is 5.89 Å². The number of nitrogens with zero attached hydrogens (tertiary/aromatic N) is 4. The van der Waals surface area contributed by atoms with E-state index in [1.165, 1.54) is 0 Å². The van der Waals surface area contributed by atoms with Crippen molar-refractivity contribution in [3.63, 3.8) is 0 Å². The first-order valence-corrected chi connectivity index (χ1v) is 12.2. The highest BCUT2D eigenvalue weighted by Gasteiger charge is 2.40. The third kappa shape index (κ3) is 4.44. The summed E-state index contributed by atoms with van der Waals surface area (Å²) < 4.78 is 11.9. The Morgan fingerprint density at radius 1 is 0.875 bits per heavy atom. The molecule has 7 nitrogen and oxygen atoms in total. The van der Waals surface area contributed by atoms with Gasteiger partial charge in [-0.2, -0.15) is 0 Å². The number of hydrogen-bond acceptors (Lipinski definition) is 6. The van der Waals surface area contributed by atoms with Crippen LogP contribution in [0, 0.1) is 5.41 Å². The fourth-order valence-electron chi connectivity index (χ4n) is 4.92. The van der Waals surface area contributed by atoms with Gasteiger partial charge in [0.15, 0.2) is 0 Å². The molecule has 176 valence electrons. The number of aromatic nitrogens is 2. The highest BCUT2D eigenvalue weighted by molar-refractivity contribution is 5.95. The summed E-state index contributed by atoms with van der Waals surface area (Å²) >= 11 is 0. The van der Waals surface area contributed by atoms with Crippen molar-refractivity contribution in [1.29, 1.82) is 0 Å². The Hall–Kier alpha value is -2.31. The molecule has 1 spiro atoms. The Morgan fingerprint density at radius 3 is 2.03 bits per heavy atom. The standard InChI is InChI=1S/C25H38N4O3/c1-16(2)20-15-19(21(31-20)17(3)4)23(30)28-11-7-25(8-12-28)9-13-29(14-10-25)24-27-26-22(32-24)18(5)6/h15-18H,7-14H2,1-6H3. The van der Waals surface area contributed by atoms with E-state index in [-0.39, 0.29) is 23.7 Å². The summed E-state index contributed by atoms with van der Waals surface area (Å²) in [6.07, 6.45) is 4.32. The molecular formula is C25H38N4O3. The Bertz CT molecular complexity index is 925. The number of carbonyl (C=O) groups is 1. The van der Waals surface area contributed by atoms with Gasteiger partial charge in [-0.3, -0.25) is 4.79 Å². The number of carbonyl (C=O) groups excluding carboxylic acids is 1. The minimum Gasteiger partial charge on any atom is -0.465 e. The zero-order chi connectivity index (χ0) is 23.0. The van der Waals surface area contributed by atoms with Gasteiger partial charge in [-0.05, 0) is 37.2 Å². The van der Waals surface area contributed by atoms with Crippen molar-refractivity contribution in [2.24, 2.45) is 5.41 Å². The third-order valence-corrected chi connectivity index (χ3v) is 7.23. The second-order valence-corrected chi connectivity index (χ2v) is 10.6. The van der Waals surface area contributed by atoms with Crippen LogP contribution in [0.2, 0.25) is 0 Å². The molecular weight excluding hydrogens is 404 g/mol. The molecule has 0 aromatic carbocycles. The minimum atomic E-state index is 0.128. The molecule has 32 heavy (non-hydrogen) atoms. The number of rotatable bonds is 5. The van der Waals surface area contributed by atoms with E-state index in [2.05, 4.69) is 56.6 Å². The van der Waals surface area contributed by atoms with Gasteiger partial charge in [-0.15, -0.1) is 5.10 Å². The van der Waals surface area contributed by atoms with E-state index in [1.54, 1.807) is 0 Å². The Morgan fingerprint density at radius 2 is 1.50 bits per heavy atom. The zero-order valence-corrected chi connectivity index (χ0v) is 20.5. The second kappa shape index (κ2) is 8.91. The van der Waals surface area contributed by atoms with Gasteiger partial charge >= 0.3 is 6.01 Å². The third-order valence-electron chi connectivity index (χ3n) is 7.23. The summed E-state index contributed by atoms with van der Waals surface area (Å²) in [4.78, 5) is 17.6. The number of likely N-dealkylation sites (tertiary alicyclic amines) is 1. The van der Waals surface area contributed by atoms with Crippen molar-refractivity contribution >= 4 is 11.9 Å². The molecule has 0 saturated carbocycles. The maximum Gasteiger partial charge on any atom is 0.318 e. The number of furan rings is 1. The smallest absolute Gasteiger partial charge is 0.318 e. The fraction of sp³-hybridized carbons (Fsp3) is 0.720. The molecule has 2 aliphatic rings. The summed E-state index contributed by atoms with van der Waals surface area (Å²) in [5.74, 6) is 3.28. The van der Waals surface area contributed by atoms with Crippen LogP contribution < -0.4 is 4.90 Å². The topological polar surface area (TPSA) is 75.6 Å². The van der Waals surface area contributed by atoms with E-state index < -0.39 is 0 Å². The zero-order valence-electron chi connectivity index (χ0n) is 20.5. The van der Waals surface area contributed by atoms with Crippen LogP contribution >= 0.6 is 0 Å². The van der Waals surface area contributed by atoms with E-state index in [4.69, 9.17) is 8.83 Å². The van der Waals surface area contributed by atoms with E-state index in [0.29, 0.717) is 17.3 Å². The molecule has 2 saturated heterocycles. The first-order valence-electron chi connectivity index (χ1n) is 12.2. The molecule has 2 aliphatic heterocycles. The summed E-state index contributed by atoms with van der Waals surface area (Å²) in [6, 6.07) is 2.62. The molecule has 7 heteroatoms. The highest BCUT2D eigenvalue weighted by atomic mass is 16.4. The quantitative estimate of drug-likeness (QED) is 0.604. The van der Waals surface area contributed by atoms with Gasteiger partial charge in [-0.25, -0.2) is 0 Å². The van der Waals surface area contributed by atoms with Crippen molar-refractivity contribution in [1.82, 2.24) is 15.1 Å². The normalized spacial score (nSPS) is 19.0. The van der Waals surface area contributed by atoms with E-state index in [0.717, 1.165) is 68.9 Å². The number of hydrogen-bond donors (Lipinski definition) is 0. The van der Waals surface area contributed by atoms with Crippen LogP contribution in [-0.2, 0) is 0 Å². The van der Waals surface area contributed by atoms with E-state index in [1.807, 2.05) is 11.0 Å². The van der Waals surface area contributed by atoms with Crippen molar-refractivity contribution in [2.45, 2.75) is 85.0 Å². The van der Waals surface area contributed by atoms with Crippen LogP contribution in [0.3, 0.4) is 0 Å². The molecule has 0 unspecified atom stereocenters. The lowest BCUT2D eigenvalue weighted by atomic mass is 9.71. The highest BCUT2D eigenvalue weighted by Crippen LogP contribution is 2.42. The lowest BCUT2D eigenvalue weighted by Crippen LogP contribution is -2.48. The molecule has 0 bridgehead atoms. The molecule has 0 N–H and O–H groups in total. The predicted octanol–water partition coefficient (Wildman–Crippen LogP) is 5.56. The molecule has 2 aromatic rings. The predicted molar refractivity (Wildman–Crippen MR) is 124 cm³/mol. The second-order valence-electron chi connectivity index (χ2n) is 10.6. The number of piperidine rings is 2. The van der Waals surface area contributed by atoms with E-state index in [9.17, 15) is 4.79 Å². The van der Waals surface area contributed by atoms with Crippen LogP contribution in [0.15, 0.2) is 14.9 Å². The van der Waals surface area contributed by atoms with Crippen molar-refractivity contribution in [3.05, 3.63) is 29.0 Å². The SMILES string of the molecule is CC(C)c1cc(C(=O)N2CCC3(CC2)CCN(c2nnc(C(C)C)o2)CC3)c(C(C)C)o1. The molecule has 4 rings (SSSR count).